The highest BCUT2D eigenvalue weighted by Crippen LogP contribution is 2.48. The van der Waals surface area contributed by atoms with E-state index in [1.54, 1.807) is 7.11 Å². The Morgan fingerprint density at radius 1 is 1.25 bits per heavy atom. The van der Waals surface area contributed by atoms with Gasteiger partial charge in [0, 0.05) is 20.3 Å². The van der Waals surface area contributed by atoms with E-state index in [9.17, 15) is 0 Å². The van der Waals surface area contributed by atoms with Gasteiger partial charge in [-0.05, 0) is 42.7 Å². The predicted molar refractivity (Wildman–Crippen MR) is 77.3 cm³/mol. The number of nitrogens with zero attached hydrogens (tertiary/aromatic N) is 3. The number of hydrogen-bond acceptors (Lipinski definition) is 6. The maximum Gasteiger partial charge on any atom is 0.322 e. The molecule has 1 N–H and O–H groups in total. The summed E-state index contributed by atoms with van der Waals surface area (Å²) in [4.78, 5) is 12.2. The molecule has 0 atom stereocenters. The number of methoxy groups -OCH3 is 1. The Balaban J connectivity index is 1.90. The third-order valence-electron chi connectivity index (χ3n) is 3.44. The lowest BCUT2D eigenvalue weighted by Crippen LogP contribution is -2.19. The van der Waals surface area contributed by atoms with Crippen LogP contribution in [0.5, 0.6) is 6.01 Å². The Morgan fingerprint density at radius 2 is 2.05 bits per heavy atom. The fourth-order valence-corrected chi connectivity index (χ4v) is 2.10. The topological polar surface area (TPSA) is 69.2 Å². The Labute approximate surface area is 124 Å². The van der Waals surface area contributed by atoms with Crippen LogP contribution in [0.25, 0.3) is 0 Å². The van der Waals surface area contributed by atoms with Crippen LogP contribution >= 0.6 is 11.6 Å². The van der Waals surface area contributed by atoms with Gasteiger partial charge in [-0.15, -0.1) is 0 Å². The van der Waals surface area contributed by atoms with E-state index in [0.29, 0.717) is 18.0 Å². The summed E-state index contributed by atoms with van der Waals surface area (Å²) in [6, 6.07) is 0.274. The molecule has 1 aromatic heterocycles. The van der Waals surface area contributed by atoms with E-state index in [0.717, 1.165) is 26.0 Å². The van der Waals surface area contributed by atoms with Crippen LogP contribution in [-0.4, -0.2) is 41.8 Å². The quantitative estimate of drug-likeness (QED) is 0.756. The molecular weight excluding hydrogens is 280 g/mol. The minimum absolute atomic E-state index is 0.148. The number of hydrogen-bond donors (Lipinski definition) is 1. The zero-order chi connectivity index (χ0) is 14.4. The van der Waals surface area contributed by atoms with Gasteiger partial charge in [-0.25, -0.2) is 0 Å². The van der Waals surface area contributed by atoms with Crippen LogP contribution in [0.2, 0.25) is 5.28 Å². The van der Waals surface area contributed by atoms with E-state index >= 15 is 0 Å². The molecule has 0 bridgehead atoms. The summed E-state index contributed by atoms with van der Waals surface area (Å²) in [5.74, 6) is 0.472. The molecular formula is C13H21ClN4O2. The second-order valence-corrected chi connectivity index (χ2v) is 5.49. The lowest BCUT2D eigenvalue weighted by atomic mass is 10.0. The zero-order valence-corrected chi connectivity index (χ0v) is 12.7. The zero-order valence-electron chi connectivity index (χ0n) is 12.0. The van der Waals surface area contributed by atoms with E-state index in [-0.39, 0.29) is 11.3 Å². The van der Waals surface area contributed by atoms with Crippen molar-refractivity contribution in [2.24, 2.45) is 5.41 Å². The van der Waals surface area contributed by atoms with E-state index in [2.05, 4.69) is 20.3 Å². The Bertz CT molecular complexity index is 440. The summed E-state index contributed by atoms with van der Waals surface area (Å²) in [7, 11) is 1.73. The van der Waals surface area contributed by atoms with E-state index < -0.39 is 0 Å². The lowest BCUT2D eigenvalue weighted by molar-refractivity contribution is 0.174. The first-order chi connectivity index (χ1) is 9.67. The van der Waals surface area contributed by atoms with E-state index in [1.165, 1.54) is 12.8 Å². The van der Waals surface area contributed by atoms with Crippen LogP contribution in [0.4, 0.5) is 5.95 Å². The van der Waals surface area contributed by atoms with Crippen LogP contribution in [-0.2, 0) is 4.74 Å². The van der Waals surface area contributed by atoms with Crippen LogP contribution < -0.4 is 10.1 Å². The summed E-state index contributed by atoms with van der Waals surface area (Å²) in [6.45, 7) is 4.20. The maximum atomic E-state index is 5.88. The minimum atomic E-state index is 0.148. The van der Waals surface area contributed by atoms with Gasteiger partial charge >= 0.3 is 6.01 Å². The molecule has 2 rings (SSSR count). The molecule has 20 heavy (non-hydrogen) atoms. The Hall–Kier alpha value is -1.14. The fraction of sp³-hybridized carbons (Fsp3) is 0.769. The van der Waals surface area contributed by atoms with Crippen LogP contribution in [0.3, 0.4) is 0 Å². The van der Waals surface area contributed by atoms with Crippen LogP contribution in [0, 0.1) is 5.41 Å². The molecule has 1 aromatic rings. The molecule has 1 saturated carbocycles. The molecule has 1 aliphatic carbocycles. The average Bonchev–Trinajstić information content (AvgIpc) is 3.21. The first-order valence-corrected chi connectivity index (χ1v) is 7.32. The second-order valence-electron chi connectivity index (χ2n) is 5.16. The summed E-state index contributed by atoms with van der Waals surface area (Å²) in [5, 5.41) is 3.38. The summed E-state index contributed by atoms with van der Waals surface area (Å²) in [5.41, 5.74) is 0.319. The molecule has 0 radical (unpaired) electrons. The fourth-order valence-electron chi connectivity index (χ4n) is 1.95. The van der Waals surface area contributed by atoms with Crippen LogP contribution in [0.1, 0.15) is 32.6 Å². The van der Waals surface area contributed by atoms with E-state index in [4.69, 9.17) is 21.1 Å². The van der Waals surface area contributed by atoms with Crippen molar-refractivity contribution in [2.45, 2.75) is 32.6 Å². The van der Waals surface area contributed by atoms with Gasteiger partial charge in [-0.3, -0.25) is 0 Å². The predicted octanol–water partition coefficient (Wildman–Crippen LogP) is 2.54. The van der Waals surface area contributed by atoms with Gasteiger partial charge in [0.2, 0.25) is 11.2 Å². The van der Waals surface area contributed by atoms with Crippen molar-refractivity contribution in [1.82, 2.24) is 15.0 Å². The van der Waals surface area contributed by atoms with Gasteiger partial charge in [0.15, 0.2) is 0 Å². The molecule has 1 heterocycles. The SMILES string of the molecule is CCCOc1nc(Cl)nc(NCC2(CCOC)CC2)n1. The van der Waals surface area contributed by atoms with Gasteiger partial charge in [0.25, 0.3) is 0 Å². The summed E-state index contributed by atoms with van der Waals surface area (Å²) in [6.07, 6.45) is 4.36. The van der Waals surface area contributed by atoms with Gasteiger partial charge in [-0.1, -0.05) is 6.92 Å². The molecule has 7 heteroatoms. The standard InChI is InChI=1S/C13H21ClN4O2/c1-3-7-20-12-17-10(14)16-11(18-12)15-9-13(4-5-13)6-8-19-2/h3-9H2,1-2H3,(H,15,16,17,18). The molecule has 6 nitrogen and oxygen atoms in total. The van der Waals surface area contributed by atoms with Crippen molar-refractivity contribution in [3.05, 3.63) is 5.28 Å². The molecule has 1 fully saturated rings. The molecule has 0 aromatic carbocycles. The number of aromatic nitrogens is 3. The highest BCUT2D eigenvalue weighted by atomic mass is 35.5. The lowest BCUT2D eigenvalue weighted by Gasteiger charge is -2.15. The number of nitrogens with one attached hydrogen (secondary N) is 1. The van der Waals surface area contributed by atoms with Crippen molar-refractivity contribution in [2.75, 3.05) is 32.2 Å². The van der Waals surface area contributed by atoms with E-state index in [1.807, 2.05) is 6.92 Å². The Morgan fingerprint density at radius 3 is 2.70 bits per heavy atom. The van der Waals surface area contributed by atoms with Crippen molar-refractivity contribution in [1.29, 1.82) is 0 Å². The molecule has 0 saturated heterocycles. The van der Waals surface area contributed by atoms with Gasteiger partial charge in [-0.2, -0.15) is 15.0 Å². The average molecular weight is 301 g/mol. The third kappa shape index (κ3) is 4.45. The van der Waals surface area contributed by atoms with Crippen molar-refractivity contribution >= 4 is 17.5 Å². The van der Waals surface area contributed by atoms with Gasteiger partial charge in [0.05, 0.1) is 6.61 Å². The highest BCUT2D eigenvalue weighted by molar-refractivity contribution is 6.28. The summed E-state index contributed by atoms with van der Waals surface area (Å²) < 4.78 is 10.5. The second kappa shape index (κ2) is 7.04. The number of anilines is 1. The molecule has 112 valence electrons. The molecule has 0 aliphatic heterocycles. The molecule has 1 aliphatic rings. The first kappa shape index (κ1) is 15.3. The normalized spacial score (nSPS) is 15.9. The maximum absolute atomic E-state index is 5.88. The first-order valence-electron chi connectivity index (χ1n) is 6.95. The Kier molecular flexibility index (Phi) is 5.37. The summed E-state index contributed by atoms with van der Waals surface area (Å²) >= 11 is 5.88. The largest absolute Gasteiger partial charge is 0.463 e. The van der Waals surface area contributed by atoms with Gasteiger partial charge in [0.1, 0.15) is 0 Å². The van der Waals surface area contributed by atoms with Crippen molar-refractivity contribution in [3.8, 4) is 6.01 Å². The van der Waals surface area contributed by atoms with Crippen LogP contribution in [0.15, 0.2) is 0 Å². The smallest absolute Gasteiger partial charge is 0.322 e. The third-order valence-corrected chi connectivity index (χ3v) is 3.61. The van der Waals surface area contributed by atoms with Crippen molar-refractivity contribution in [3.63, 3.8) is 0 Å². The highest BCUT2D eigenvalue weighted by Gasteiger charge is 2.41. The molecule has 0 amide bonds. The number of rotatable bonds is 9. The number of halogens is 1. The molecule has 0 unspecified atom stereocenters. The monoisotopic (exact) mass is 300 g/mol. The number of ether oxygens (including phenoxy) is 2. The minimum Gasteiger partial charge on any atom is -0.463 e. The molecule has 0 spiro atoms. The van der Waals surface area contributed by atoms with Gasteiger partial charge < -0.3 is 14.8 Å². The van der Waals surface area contributed by atoms with Crippen molar-refractivity contribution < 1.29 is 9.47 Å².